The Hall–Kier alpha value is -1.72. The molecule has 2 amide bonds. The Morgan fingerprint density at radius 2 is 1.41 bits per heavy atom. The molecule has 2 heterocycles. The van der Waals surface area contributed by atoms with Gasteiger partial charge in [-0.15, -0.1) is 0 Å². The van der Waals surface area contributed by atoms with Gasteiger partial charge in [0.05, 0.1) is 17.6 Å². The first-order chi connectivity index (χ1) is 14.1. The number of hydrogen-bond donors (Lipinski definition) is 2. The largest absolute Gasteiger partial charge is 0.321 e. The molecule has 4 saturated carbocycles. The van der Waals surface area contributed by atoms with Crippen LogP contribution < -0.4 is 14.7 Å². The van der Waals surface area contributed by atoms with Crippen LogP contribution >= 0.6 is 0 Å². The van der Waals surface area contributed by atoms with E-state index in [0.29, 0.717) is 12.0 Å². The van der Waals surface area contributed by atoms with Crippen molar-refractivity contribution in [2.24, 2.45) is 17.8 Å². The number of quaternary nitrogens is 2. The van der Waals surface area contributed by atoms with Crippen LogP contribution in [0.1, 0.15) is 44.9 Å². The minimum Gasteiger partial charge on any atom is -0.321 e. The maximum absolute atomic E-state index is 13.1. The summed E-state index contributed by atoms with van der Waals surface area (Å²) in [4.78, 5) is 30.3. The summed E-state index contributed by atoms with van der Waals surface area (Å²) in [6.45, 7) is 4.41. The van der Waals surface area contributed by atoms with E-state index in [0.717, 1.165) is 36.5 Å². The average molecular weight is 396 g/mol. The Bertz CT molecular complexity index is 779. The number of para-hydroxylation sites is 1. The van der Waals surface area contributed by atoms with Crippen LogP contribution in [-0.4, -0.2) is 49.6 Å². The van der Waals surface area contributed by atoms with Gasteiger partial charge in [0.1, 0.15) is 26.2 Å². The summed E-state index contributed by atoms with van der Waals surface area (Å²) in [5.74, 6) is 2.96. The third kappa shape index (κ3) is 2.89. The standard InChI is InChI=1S/C24H31N3O2/c28-22-13-21(23(29)27(22)20-4-2-1-3-5-20)25-6-8-26(9-7-25)24-14-17-10-18(15-24)12-19(11-17)16-24/h1-5,17-19,21H,6-16H2/p+2/t17?,18?,19?,21-,24?/m1/s1. The van der Waals surface area contributed by atoms with Gasteiger partial charge in [0.15, 0.2) is 6.04 Å². The number of carbonyl (C=O) groups excluding carboxylic acids is 2. The second-order valence-corrected chi connectivity index (χ2v) is 10.6. The summed E-state index contributed by atoms with van der Waals surface area (Å²) in [6.07, 6.45) is 9.22. The maximum Gasteiger partial charge on any atom is 0.292 e. The lowest BCUT2D eigenvalue weighted by Crippen LogP contribution is -3.33. The van der Waals surface area contributed by atoms with Crippen LogP contribution in [-0.2, 0) is 9.59 Å². The van der Waals surface area contributed by atoms with Gasteiger partial charge in [-0.1, -0.05) is 18.2 Å². The molecule has 0 radical (unpaired) electrons. The first-order valence-electron chi connectivity index (χ1n) is 11.7. The summed E-state index contributed by atoms with van der Waals surface area (Å²) in [5, 5.41) is 0. The SMILES string of the molecule is O=C1C[C@@H]([NH+]2CC[NH+](C34CC5CC(CC(C5)C3)C4)CC2)C(=O)N1c1ccccc1. The molecule has 5 heteroatoms. The van der Waals surface area contributed by atoms with Gasteiger partial charge in [0.2, 0.25) is 5.91 Å². The fourth-order valence-corrected chi connectivity index (χ4v) is 8.09. The van der Waals surface area contributed by atoms with Gasteiger partial charge in [-0.05, 0) is 49.1 Å². The quantitative estimate of drug-likeness (QED) is 0.712. The van der Waals surface area contributed by atoms with Gasteiger partial charge in [-0.3, -0.25) is 9.59 Å². The van der Waals surface area contributed by atoms with Crippen molar-refractivity contribution in [1.82, 2.24) is 0 Å². The van der Waals surface area contributed by atoms with Gasteiger partial charge in [0, 0.05) is 19.3 Å². The third-order valence-electron chi connectivity index (χ3n) is 8.94. The van der Waals surface area contributed by atoms with Crippen molar-refractivity contribution in [2.75, 3.05) is 31.1 Å². The van der Waals surface area contributed by atoms with E-state index >= 15 is 0 Å². The molecule has 4 aliphatic carbocycles. The number of benzene rings is 1. The highest BCUT2D eigenvalue weighted by atomic mass is 16.2. The second kappa shape index (κ2) is 6.64. The summed E-state index contributed by atoms with van der Waals surface area (Å²) >= 11 is 0. The molecule has 2 aliphatic heterocycles. The number of imide groups is 1. The number of piperazine rings is 1. The molecule has 29 heavy (non-hydrogen) atoms. The molecule has 0 unspecified atom stereocenters. The van der Waals surface area contributed by atoms with E-state index in [1.54, 1.807) is 0 Å². The van der Waals surface area contributed by atoms with Crippen LogP contribution in [0.15, 0.2) is 30.3 Å². The summed E-state index contributed by atoms with van der Waals surface area (Å²) < 4.78 is 0. The summed E-state index contributed by atoms with van der Waals surface area (Å²) in [5.41, 5.74) is 1.27. The van der Waals surface area contributed by atoms with Crippen LogP contribution in [0.3, 0.4) is 0 Å². The van der Waals surface area contributed by atoms with E-state index in [9.17, 15) is 9.59 Å². The van der Waals surface area contributed by atoms with Gasteiger partial charge in [-0.25, -0.2) is 4.90 Å². The first-order valence-corrected chi connectivity index (χ1v) is 11.7. The number of anilines is 1. The van der Waals surface area contributed by atoms with E-state index in [-0.39, 0.29) is 17.9 Å². The molecule has 1 atom stereocenters. The Labute approximate surface area is 173 Å². The van der Waals surface area contributed by atoms with Crippen molar-refractivity contribution in [3.8, 4) is 0 Å². The zero-order valence-corrected chi connectivity index (χ0v) is 17.2. The molecule has 2 saturated heterocycles. The van der Waals surface area contributed by atoms with Gasteiger partial charge in [0.25, 0.3) is 5.91 Å². The highest BCUT2D eigenvalue weighted by Gasteiger charge is 2.57. The monoisotopic (exact) mass is 395 g/mol. The number of rotatable bonds is 3. The van der Waals surface area contributed by atoms with Crippen molar-refractivity contribution in [2.45, 2.75) is 56.5 Å². The second-order valence-electron chi connectivity index (χ2n) is 10.6. The molecule has 7 rings (SSSR count). The predicted molar refractivity (Wildman–Crippen MR) is 110 cm³/mol. The Morgan fingerprint density at radius 3 is 2.00 bits per heavy atom. The fraction of sp³-hybridized carbons (Fsp3) is 0.667. The van der Waals surface area contributed by atoms with Gasteiger partial charge in [-0.2, -0.15) is 0 Å². The zero-order valence-electron chi connectivity index (χ0n) is 17.2. The minimum atomic E-state index is -0.180. The molecular formula is C24H33N3O2+2. The van der Waals surface area contributed by atoms with Crippen molar-refractivity contribution >= 4 is 17.5 Å². The number of nitrogens with zero attached hydrogens (tertiary/aromatic N) is 1. The minimum absolute atomic E-state index is 0.00875. The van der Waals surface area contributed by atoms with E-state index in [4.69, 9.17) is 0 Å². The smallest absolute Gasteiger partial charge is 0.292 e. The highest BCUT2D eigenvalue weighted by Crippen LogP contribution is 2.54. The van der Waals surface area contributed by atoms with Crippen molar-refractivity contribution in [1.29, 1.82) is 0 Å². The lowest BCUT2D eigenvalue weighted by Gasteiger charge is -2.58. The molecule has 0 spiro atoms. The molecule has 6 fully saturated rings. The van der Waals surface area contributed by atoms with E-state index in [1.807, 2.05) is 35.2 Å². The molecule has 4 bridgehead atoms. The van der Waals surface area contributed by atoms with Crippen molar-refractivity contribution < 1.29 is 19.4 Å². The topological polar surface area (TPSA) is 46.3 Å². The zero-order chi connectivity index (χ0) is 19.6. The molecule has 154 valence electrons. The lowest BCUT2D eigenvalue weighted by molar-refractivity contribution is -1.05. The van der Waals surface area contributed by atoms with Crippen molar-refractivity contribution in [3.05, 3.63) is 30.3 Å². The Balaban J connectivity index is 1.14. The van der Waals surface area contributed by atoms with E-state index in [2.05, 4.69) is 0 Å². The molecule has 5 nitrogen and oxygen atoms in total. The van der Waals surface area contributed by atoms with Crippen molar-refractivity contribution in [3.63, 3.8) is 0 Å². The first kappa shape index (κ1) is 18.1. The molecular weight excluding hydrogens is 362 g/mol. The maximum atomic E-state index is 13.1. The molecule has 0 aromatic heterocycles. The summed E-state index contributed by atoms with van der Waals surface area (Å²) in [7, 11) is 0. The average Bonchev–Trinajstić information content (AvgIpc) is 3.02. The lowest BCUT2D eigenvalue weighted by atomic mass is 9.52. The van der Waals surface area contributed by atoms with Gasteiger partial charge >= 0.3 is 0 Å². The van der Waals surface area contributed by atoms with E-state index < -0.39 is 0 Å². The van der Waals surface area contributed by atoms with Gasteiger partial charge < -0.3 is 9.80 Å². The molecule has 2 N–H and O–H groups in total. The fourth-order valence-electron chi connectivity index (χ4n) is 8.09. The van der Waals surface area contributed by atoms with Crippen LogP contribution in [0.25, 0.3) is 0 Å². The number of nitrogens with one attached hydrogen (secondary N) is 2. The number of amides is 2. The number of hydrogen-bond acceptors (Lipinski definition) is 2. The molecule has 6 aliphatic rings. The van der Waals surface area contributed by atoms with Crippen LogP contribution in [0.4, 0.5) is 5.69 Å². The normalized spacial score (nSPS) is 43.9. The third-order valence-corrected chi connectivity index (χ3v) is 8.94. The predicted octanol–water partition coefficient (Wildman–Crippen LogP) is 0.0707. The van der Waals surface area contributed by atoms with Crippen LogP contribution in [0, 0.1) is 17.8 Å². The molecule has 1 aromatic carbocycles. The Morgan fingerprint density at radius 1 is 0.828 bits per heavy atom. The number of carbonyl (C=O) groups is 2. The van der Waals surface area contributed by atoms with E-state index in [1.165, 1.54) is 61.4 Å². The Kier molecular flexibility index (Phi) is 4.14. The van der Waals surface area contributed by atoms with Crippen LogP contribution in [0.2, 0.25) is 0 Å². The molecule has 1 aromatic rings. The highest BCUT2D eigenvalue weighted by molar-refractivity contribution is 6.21. The summed E-state index contributed by atoms with van der Waals surface area (Å²) in [6, 6.07) is 9.25. The van der Waals surface area contributed by atoms with Crippen LogP contribution in [0.5, 0.6) is 0 Å².